The average Bonchev–Trinajstić information content (AvgIpc) is 2.73. The molecule has 1 aliphatic heterocycles. The summed E-state index contributed by atoms with van der Waals surface area (Å²) in [4.78, 5) is 16.3. The van der Waals surface area contributed by atoms with Crippen LogP contribution in [0.25, 0.3) is 0 Å². The maximum atomic E-state index is 12.1. The van der Waals surface area contributed by atoms with Gasteiger partial charge in [-0.25, -0.2) is 0 Å². The first kappa shape index (κ1) is 15.0. The molecule has 2 heterocycles. The fourth-order valence-corrected chi connectivity index (χ4v) is 2.33. The highest BCUT2D eigenvalue weighted by atomic mass is 16.5. The lowest BCUT2D eigenvalue weighted by atomic mass is 10.00. The lowest BCUT2D eigenvalue weighted by Gasteiger charge is -2.13. The van der Waals surface area contributed by atoms with E-state index >= 15 is 0 Å². The quantitative estimate of drug-likeness (QED) is 0.848. The average molecular weight is 280 g/mol. The van der Waals surface area contributed by atoms with Gasteiger partial charge < -0.3 is 15.2 Å². The van der Waals surface area contributed by atoms with E-state index in [1.165, 1.54) is 0 Å². The predicted molar refractivity (Wildman–Crippen MR) is 75.3 cm³/mol. The zero-order valence-corrected chi connectivity index (χ0v) is 12.3. The number of carbonyl (C=O) groups is 1. The van der Waals surface area contributed by atoms with Gasteiger partial charge >= 0.3 is 0 Å². The third kappa shape index (κ3) is 4.30. The number of hydrogen-bond acceptors (Lipinski definition) is 5. The van der Waals surface area contributed by atoms with Crippen LogP contribution in [-0.4, -0.2) is 35.7 Å². The molecule has 6 nitrogen and oxygen atoms in total. The minimum Gasteiger partial charge on any atom is -0.355 e. The van der Waals surface area contributed by atoms with E-state index < -0.39 is 0 Å². The second kappa shape index (κ2) is 7.38. The first-order valence-electron chi connectivity index (χ1n) is 7.47. The van der Waals surface area contributed by atoms with Crippen molar-refractivity contribution in [2.24, 2.45) is 5.92 Å². The van der Waals surface area contributed by atoms with E-state index in [1.807, 2.05) is 13.8 Å². The molecule has 2 rings (SSSR count). The maximum absolute atomic E-state index is 12.1. The number of carbonyl (C=O) groups excluding carboxylic acids is 1. The minimum atomic E-state index is 0.140. The molecule has 0 bridgehead atoms. The van der Waals surface area contributed by atoms with Gasteiger partial charge in [0.1, 0.15) is 0 Å². The molecule has 112 valence electrons. The van der Waals surface area contributed by atoms with Crippen molar-refractivity contribution < 1.29 is 9.32 Å². The molecule has 0 radical (unpaired) electrons. The summed E-state index contributed by atoms with van der Waals surface area (Å²) < 4.78 is 5.13. The zero-order valence-electron chi connectivity index (χ0n) is 12.3. The van der Waals surface area contributed by atoms with Gasteiger partial charge in [0.25, 0.3) is 0 Å². The van der Waals surface area contributed by atoms with Crippen LogP contribution in [0.5, 0.6) is 0 Å². The van der Waals surface area contributed by atoms with Gasteiger partial charge in [-0.3, -0.25) is 4.79 Å². The lowest BCUT2D eigenvalue weighted by molar-refractivity contribution is -0.125. The lowest BCUT2D eigenvalue weighted by Crippen LogP contribution is -2.32. The Labute approximate surface area is 119 Å². The van der Waals surface area contributed by atoms with Crippen LogP contribution in [0.1, 0.15) is 50.7 Å². The van der Waals surface area contributed by atoms with Gasteiger partial charge in [-0.2, -0.15) is 4.98 Å². The zero-order chi connectivity index (χ0) is 14.4. The second-order valence-corrected chi connectivity index (χ2v) is 5.62. The van der Waals surface area contributed by atoms with Crippen molar-refractivity contribution in [3.05, 3.63) is 11.7 Å². The minimum absolute atomic E-state index is 0.140. The van der Waals surface area contributed by atoms with E-state index in [4.69, 9.17) is 4.52 Å². The van der Waals surface area contributed by atoms with Crippen molar-refractivity contribution in [2.75, 3.05) is 19.6 Å². The summed E-state index contributed by atoms with van der Waals surface area (Å²) in [5.41, 5.74) is 0. The molecule has 6 heteroatoms. The van der Waals surface area contributed by atoms with Crippen molar-refractivity contribution in [2.45, 2.75) is 45.4 Å². The Balaban J connectivity index is 1.72. The van der Waals surface area contributed by atoms with Crippen LogP contribution in [0.3, 0.4) is 0 Å². The summed E-state index contributed by atoms with van der Waals surface area (Å²) in [7, 11) is 0. The van der Waals surface area contributed by atoms with Crippen LogP contribution in [0, 0.1) is 5.92 Å². The van der Waals surface area contributed by atoms with Gasteiger partial charge in [0.2, 0.25) is 11.8 Å². The van der Waals surface area contributed by atoms with Gasteiger partial charge in [0, 0.05) is 24.8 Å². The van der Waals surface area contributed by atoms with Crippen LogP contribution in [0.2, 0.25) is 0 Å². The smallest absolute Gasteiger partial charge is 0.229 e. The largest absolute Gasteiger partial charge is 0.355 e. The summed E-state index contributed by atoms with van der Waals surface area (Å²) in [6.07, 6.45) is 3.58. The Hall–Kier alpha value is -1.43. The van der Waals surface area contributed by atoms with Gasteiger partial charge in [-0.05, 0) is 32.4 Å². The topological polar surface area (TPSA) is 80.0 Å². The first-order chi connectivity index (χ1) is 9.66. The van der Waals surface area contributed by atoms with Crippen LogP contribution in [-0.2, 0) is 11.2 Å². The summed E-state index contributed by atoms with van der Waals surface area (Å²) >= 11 is 0. The third-order valence-electron chi connectivity index (χ3n) is 3.57. The van der Waals surface area contributed by atoms with Crippen LogP contribution >= 0.6 is 0 Å². The van der Waals surface area contributed by atoms with Crippen LogP contribution in [0.4, 0.5) is 0 Å². The number of rotatable bonds is 5. The molecule has 2 N–H and O–H groups in total. The van der Waals surface area contributed by atoms with E-state index in [0.29, 0.717) is 24.7 Å². The number of nitrogens with zero attached hydrogens (tertiary/aromatic N) is 2. The molecule has 0 saturated carbocycles. The van der Waals surface area contributed by atoms with Gasteiger partial charge in [-0.15, -0.1) is 0 Å². The molecule has 1 saturated heterocycles. The SMILES string of the molecule is CC(C)c1nc(CCNC(=O)[C@H]2CCCNCC2)no1. The van der Waals surface area contributed by atoms with Crippen molar-refractivity contribution in [1.29, 1.82) is 0 Å². The number of hydrogen-bond donors (Lipinski definition) is 2. The van der Waals surface area contributed by atoms with Crippen molar-refractivity contribution in [3.8, 4) is 0 Å². The van der Waals surface area contributed by atoms with Gasteiger partial charge in [0.05, 0.1) is 0 Å². The van der Waals surface area contributed by atoms with Crippen molar-refractivity contribution in [1.82, 2.24) is 20.8 Å². The summed E-state index contributed by atoms with van der Waals surface area (Å²) in [6, 6.07) is 0. The third-order valence-corrected chi connectivity index (χ3v) is 3.57. The van der Waals surface area contributed by atoms with E-state index in [1.54, 1.807) is 0 Å². The first-order valence-corrected chi connectivity index (χ1v) is 7.47. The Kier molecular flexibility index (Phi) is 5.52. The standard InChI is InChI=1S/C14H24N4O2/c1-10(2)14-17-12(18-20-14)6-9-16-13(19)11-4-3-7-15-8-5-11/h10-11,15H,3-9H2,1-2H3,(H,16,19)/t11-/m0/s1. The normalized spacial score (nSPS) is 19.9. The Bertz CT molecular complexity index is 423. The highest BCUT2D eigenvalue weighted by Crippen LogP contribution is 2.13. The molecule has 1 aliphatic rings. The Morgan fingerprint density at radius 3 is 3.05 bits per heavy atom. The van der Waals surface area contributed by atoms with Gasteiger partial charge in [-0.1, -0.05) is 19.0 Å². The van der Waals surface area contributed by atoms with E-state index in [9.17, 15) is 4.79 Å². The van der Waals surface area contributed by atoms with Crippen molar-refractivity contribution >= 4 is 5.91 Å². The molecule has 0 unspecified atom stereocenters. The molecule has 0 spiro atoms. The Morgan fingerprint density at radius 1 is 1.45 bits per heavy atom. The molecule has 1 aromatic rings. The van der Waals surface area contributed by atoms with Gasteiger partial charge in [0.15, 0.2) is 5.82 Å². The molecular formula is C14H24N4O2. The van der Waals surface area contributed by atoms with Crippen LogP contribution in [0.15, 0.2) is 4.52 Å². The molecule has 1 fully saturated rings. The molecule has 1 aromatic heterocycles. The summed E-state index contributed by atoms with van der Waals surface area (Å²) in [5, 5.41) is 10.2. The van der Waals surface area contributed by atoms with Crippen LogP contribution < -0.4 is 10.6 Å². The molecular weight excluding hydrogens is 256 g/mol. The van der Waals surface area contributed by atoms with E-state index in [2.05, 4.69) is 20.8 Å². The fourth-order valence-electron chi connectivity index (χ4n) is 2.33. The Morgan fingerprint density at radius 2 is 2.30 bits per heavy atom. The fraction of sp³-hybridized carbons (Fsp3) is 0.786. The number of aromatic nitrogens is 2. The predicted octanol–water partition coefficient (Wildman–Crippen LogP) is 1.24. The second-order valence-electron chi connectivity index (χ2n) is 5.62. The van der Waals surface area contributed by atoms with Crippen molar-refractivity contribution in [3.63, 3.8) is 0 Å². The van der Waals surface area contributed by atoms with E-state index in [-0.39, 0.29) is 17.7 Å². The molecule has 1 amide bonds. The maximum Gasteiger partial charge on any atom is 0.229 e. The van der Waals surface area contributed by atoms with E-state index in [0.717, 1.165) is 32.4 Å². The summed E-state index contributed by atoms with van der Waals surface area (Å²) in [6.45, 7) is 6.55. The molecule has 0 aromatic carbocycles. The molecule has 1 atom stereocenters. The molecule has 20 heavy (non-hydrogen) atoms. The number of amides is 1. The highest BCUT2D eigenvalue weighted by Gasteiger charge is 2.19. The molecule has 0 aliphatic carbocycles. The summed E-state index contributed by atoms with van der Waals surface area (Å²) in [5.74, 6) is 1.85. The highest BCUT2D eigenvalue weighted by molar-refractivity contribution is 5.78. The monoisotopic (exact) mass is 280 g/mol. The number of nitrogens with one attached hydrogen (secondary N) is 2.